The number of rotatable bonds is 12. The maximum absolute atomic E-state index is 13.4. The van der Waals surface area contributed by atoms with Crippen molar-refractivity contribution in [2.75, 3.05) is 0 Å². The summed E-state index contributed by atoms with van der Waals surface area (Å²) in [6, 6.07) is -0.365. The van der Waals surface area contributed by atoms with Crippen molar-refractivity contribution in [3.63, 3.8) is 0 Å². The van der Waals surface area contributed by atoms with Gasteiger partial charge in [-0.05, 0) is 12.8 Å². The van der Waals surface area contributed by atoms with Crippen molar-refractivity contribution >= 4 is 18.6 Å². The lowest BCUT2D eigenvalue weighted by molar-refractivity contribution is 0.0770. The molecule has 0 nitrogen and oxygen atoms in total. The summed E-state index contributed by atoms with van der Waals surface area (Å²) in [5.74, 6) is 0. The third-order valence-electron chi connectivity index (χ3n) is 3.15. The van der Waals surface area contributed by atoms with Crippen molar-refractivity contribution in [2.45, 2.75) is 75.9 Å². The van der Waals surface area contributed by atoms with Gasteiger partial charge in [-0.15, -0.1) is 0 Å². The molecule has 0 heterocycles. The van der Waals surface area contributed by atoms with Crippen LogP contribution in [-0.2, 0) is 0 Å². The van der Waals surface area contributed by atoms with Gasteiger partial charge in [-0.2, -0.15) is 0 Å². The summed E-state index contributed by atoms with van der Waals surface area (Å²) < 4.78 is 62.8. The van der Waals surface area contributed by atoms with E-state index in [1.165, 1.54) is 0 Å². The van der Waals surface area contributed by atoms with E-state index in [-0.39, 0.29) is 12.8 Å². The minimum absolute atomic E-state index is 0.0509. The van der Waals surface area contributed by atoms with E-state index in [2.05, 4.69) is 6.92 Å². The number of hydrogen-bond acceptors (Lipinski definition) is 0. The van der Waals surface area contributed by atoms with Gasteiger partial charge in [0, 0.05) is 12.5 Å². The molecule has 0 aromatic carbocycles. The van der Waals surface area contributed by atoms with Crippen molar-refractivity contribution < 1.29 is 21.1 Å². The number of halogens is 5. The molecule has 19 heavy (non-hydrogen) atoms. The molecule has 0 aliphatic rings. The smallest absolute Gasteiger partial charge is 0.238 e. The highest BCUT2D eigenvalue weighted by Crippen LogP contribution is 2.24. The van der Waals surface area contributed by atoms with E-state index in [1.54, 1.807) is 0 Å². The first-order valence-electron chi connectivity index (χ1n) is 7.21. The molecule has 0 aromatic heterocycles. The minimum atomic E-state index is -5.46. The second-order valence-electron chi connectivity index (χ2n) is 5.20. The lowest BCUT2D eigenvalue weighted by atomic mass is 10.1. The van der Waals surface area contributed by atoms with Gasteiger partial charge in [0.05, 0.1) is 0 Å². The van der Waals surface area contributed by atoms with E-state index in [0.29, 0.717) is 18.9 Å². The Kier molecular flexibility index (Phi) is 9.95. The SMILES string of the molecule is CCCCCCCC(F)(F)[SiH2]CCCC[Si](F)(F)F. The molecule has 0 unspecified atom stereocenters. The van der Waals surface area contributed by atoms with Gasteiger partial charge in [0.15, 0.2) is 0 Å². The summed E-state index contributed by atoms with van der Waals surface area (Å²) in [7, 11) is -7.01. The van der Waals surface area contributed by atoms with Crippen LogP contribution in [0.25, 0.3) is 0 Å². The molecule has 0 amide bonds. The molecule has 0 bridgehead atoms. The van der Waals surface area contributed by atoms with E-state index in [4.69, 9.17) is 0 Å². The Hall–Kier alpha value is 0.0838. The molecule has 0 spiro atoms. The highest BCUT2D eigenvalue weighted by molar-refractivity contribution is 6.58. The highest BCUT2D eigenvalue weighted by atomic mass is 28.5. The maximum atomic E-state index is 13.4. The predicted octanol–water partition coefficient (Wildman–Crippen LogP) is 5.15. The molecular weight excluding hydrogens is 295 g/mol. The van der Waals surface area contributed by atoms with Gasteiger partial charge in [0.25, 0.3) is 0 Å². The quantitative estimate of drug-likeness (QED) is 0.202. The van der Waals surface area contributed by atoms with Gasteiger partial charge in [0.1, 0.15) is 9.52 Å². The van der Waals surface area contributed by atoms with Crippen LogP contribution in [0.4, 0.5) is 21.1 Å². The molecule has 0 atom stereocenters. The van der Waals surface area contributed by atoms with Crippen LogP contribution in [0.1, 0.15) is 58.3 Å². The minimum Gasteiger partial charge on any atom is -0.238 e. The maximum Gasteiger partial charge on any atom is 0.616 e. The van der Waals surface area contributed by atoms with Gasteiger partial charge in [-0.1, -0.05) is 45.1 Å². The molecule has 116 valence electrons. The Morgan fingerprint density at radius 2 is 1.53 bits per heavy atom. The van der Waals surface area contributed by atoms with Crippen molar-refractivity contribution in [1.29, 1.82) is 0 Å². The average Bonchev–Trinajstić information content (AvgIpc) is 2.26. The van der Waals surface area contributed by atoms with Gasteiger partial charge in [0.2, 0.25) is 5.55 Å². The van der Waals surface area contributed by atoms with Crippen molar-refractivity contribution in [3.8, 4) is 0 Å². The van der Waals surface area contributed by atoms with E-state index >= 15 is 0 Å². The summed E-state index contributed by atoms with van der Waals surface area (Å²) in [6.07, 6.45) is 4.89. The number of hydrogen-bond donors (Lipinski definition) is 0. The molecular formula is C12H25F5Si2. The highest BCUT2D eigenvalue weighted by Gasteiger charge is 2.35. The lowest BCUT2D eigenvalue weighted by Crippen LogP contribution is -2.24. The molecule has 0 N–H and O–H groups in total. The lowest BCUT2D eigenvalue weighted by Gasteiger charge is -2.15. The molecule has 0 saturated heterocycles. The van der Waals surface area contributed by atoms with Gasteiger partial charge in [-0.25, -0.2) is 21.1 Å². The molecule has 0 rings (SSSR count). The summed E-state index contributed by atoms with van der Waals surface area (Å²) in [5.41, 5.74) is -2.55. The number of unbranched alkanes of at least 4 members (excludes halogenated alkanes) is 5. The molecule has 0 fully saturated rings. The zero-order valence-corrected chi connectivity index (χ0v) is 14.1. The summed E-state index contributed by atoms with van der Waals surface area (Å²) in [5, 5.41) is 0. The van der Waals surface area contributed by atoms with E-state index in [0.717, 1.165) is 25.7 Å². The number of alkyl halides is 2. The van der Waals surface area contributed by atoms with Crippen molar-refractivity contribution in [1.82, 2.24) is 0 Å². The van der Waals surface area contributed by atoms with E-state index in [1.807, 2.05) is 0 Å². The van der Waals surface area contributed by atoms with Gasteiger partial charge < -0.3 is 0 Å². The van der Waals surface area contributed by atoms with Crippen LogP contribution in [0.2, 0.25) is 12.1 Å². The van der Waals surface area contributed by atoms with Crippen LogP contribution in [-0.4, -0.2) is 24.1 Å². The second kappa shape index (κ2) is 9.90. The average molecular weight is 320 g/mol. The fourth-order valence-electron chi connectivity index (χ4n) is 2.00. The predicted molar refractivity (Wildman–Crippen MR) is 74.8 cm³/mol. The third-order valence-corrected chi connectivity index (χ3v) is 6.01. The molecule has 0 aromatic rings. The van der Waals surface area contributed by atoms with E-state index in [9.17, 15) is 21.1 Å². The first kappa shape index (κ1) is 19.1. The molecule has 0 aliphatic carbocycles. The molecule has 0 saturated carbocycles. The fraction of sp³-hybridized carbons (Fsp3) is 1.00. The Morgan fingerprint density at radius 1 is 0.895 bits per heavy atom. The largest absolute Gasteiger partial charge is 0.616 e. The zero-order chi connectivity index (χ0) is 14.8. The summed E-state index contributed by atoms with van der Waals surface area (Å²) in [6.45, 7) is 2.07. The first-order chi connectivity index (χ1) is 8.77. The van der Waals surface area contributed by atoms with Crippen LogP contribution in [0, 0.1) is 0 Å². The molecule has 7 heteroatoms. The van der Waals surface area contributed by atoms with Crippen LogP contribution < -0.4 is 0 Å². The van der Waals surface area contributed by atoms with Gasteiger partial charge >= 0.3 is 9.08 Å². The van der Waals surface area contributed by atoms with E-state index < -0.39 is 30.2 Å². The Morgan fingerprint density at radius 3 is 2.11 bits per heavy atom. The third kappa shape index (κ3) is 14.3. The molecule has 0 radical (unpaired) electrons. The monoisotopic (exact) mass is 320 g/mol. The van der Waals surface area contributed by atoms with Crippen LogP contribution in [0.5, 0.6) is 0 Å². The fourth-order valence-corrected chi connectivity index (χ4v) is 4.27. The molecule has 0 aliphatic heterocycles. The zero-order valence-electron chi connectivity index (χ0n) is 11.7. The van der Waals surface area contributed by atoms with Crippen molar-refractivity contribution in [2.24, 2.45) is 0 Å². The Labute approximate surface area is 116 Å². The van der Waals surface area contributed by atoms with Crippen LogP contribution in [0.3, 0.4) is 0 Å². The summed E-state index contributed by atoms with van der Waals surface area (Å²) >= 11 is 0. The van der Waals surface area contributed by atoms with Crippen LogP contribution >= 0.6 is 0 Å². The topological polar surface area (TPSA) is 0 Å². The Bertz CT molecular complexity index is 219. The second-order valence-corrected chi connectivity index (χ2v) is 9.17. The van der Waals surface area contributed by atoms with Crippen LogP contribution in [0.15, 0.2) is 0 Å². The first-order valence-corrected chi connectivity index (χ1v) is 10.8. The van der Waals surface area contributed by atoms with Crippen molar-refractivity contribution in [3.05, 3.63) is 0 Å². The standard InChI is InChI=1S/C12H25F5Si2/c1-2-3-4-5-6-9-12(13,14)18-10-7-8-11-19(15,16)17/h2-11,18H2,1H3. The normalized spacial score (nSPS) is 13.6. The van der Waals surface area contributed by atoms with Gasteiger partial charge in [-0.3, -0.25) is 0 Å². The summed E-state index contributed by atoms with van der Waals surface area (Å²) in [4.78, 5) is 0. The Balaban J connectivity index is 3.51.